The van der Waals surface area contributed by atoms with Crippen LogP contribution in [0, 0.1) is 0 Å². The third-order valence-corrected chi connectivity index (χ3v) is 7.07. The van der Waals surface area contributed by atoms with Crippen molar-refractivity contribution in [2.75, 3.05) is 0 Å². The molecule has 0 unspecified atom stereocenters. The minimum Gasteiger partial charge on any atom is -0.508 e. The van der Waals surface area contributed by atoms with Gasteiger partial charge in [-0.25, -0.2) is 23.5 Å². The second kappa shape index (κ2) is 7.53. The molecule has 1 aromatic heterocycles. The molecular formula is C27H21N3O5. The molecule has 0 bridgehead atoms. The molecule has 174 valence electrons. The first-order valence-electron chi connectivity index (χ1n) is 11.4. The van der Waals surface area contributed by atoms with Crippen molar-refractivity contribution in [3.8, 4) is 11.4 Å². The monoisotopic (exact) mass is 467 g/mol. The van der Waals surface area contributed by atoms with Gasteiger partial charge in [-0.15, -0.1) is 0 Å². The average molecular weight is 467 g/mol. The predicted octanol–water partition coefficient (Wildman–Crippen LogP) is 2.57. The second-order valence-corrected chi connectivity index (χ2v) is 9.02. The maximum absolute atomic E-state index is 13.6. The van der Waals surface area contributed by atoms with E-state index < -0.39 is 23.3 Å². The second-order valence-electron chi connectivity index (χ2n) is 9.02. The number of phenolic OH excluding ortho intramolecular Hbond substituents is 1. The summed E-state index contributed by atoms with van der Waals surface area (Å²) in [7, 11) is 0. The lowest BCUT2D eigenvalue weighted by Gasteiger charge is -2.39. The predicted molar refractivity (Wildman–Crippen MR) is 128 cm³/mol. The zero-order chi connectivity index (χ0) is 24.4. The summed E-state index contributed by atoms with van der Waals surface area (Å²) in [5, 5.41) is 9.82. The highest BCUT2D eigenvalue weighted by molar-refractivity contribution is 6.23. The number of rotatable bonds is 2. The summed E-state index contributed by atoms with van der Waals surface area (Å²) in [4.78, 5) is 53.2. The number of allylic oxidation sites excluding steroid dienone is 6. The lowest BCUT2D eigenvalue weighted by molar-refractivity contribution is -0.116. The van der Waals surface area contributed by atoms with Crippen molar-refractivity contribution in [1.82, 2.24) is 13.9 Å². The van der Waals surface area contributed by atoms with Crippen molar-refractivity contribution in [2.24, 2.45) is 0 Å². The van der Waals surface area contributed by atoms with Crippen LogP contribution < -0.4 is 11.4 Å². The molecule has 0 fully saturated rings. The molecule has 0 radical (unpaired) electrons. The number of ketones is 2. The van der Waals surface area contributed by atoms with Crippen LogP contribution in [-0.2, 0) is 16.1 Å². The number of benzene rings is 2. The first-order chi connectivity index (χ1) is 16.9. The van der Waals surface area contributed by atoms with Crippen molar-refractivity contribution in [2.45, 2.75) is 31.8 Å². The van der Waals surface area contributed by atoms with E-state index in [1.165, 1.54) is 27.6 Å². The lowest BCUT2D eigenvalue weighted by atomic mass is 9.68. The van der Waals surface area contributed by atoms with Gasteiger partial charge in [0.15, 0.2) is 11.6 Å². The molecule has 2 aromatic carbocycles. The van der Waals surface area contributed by atoms with Crippen LogP contribution in [0.3, 0.4) is 0 Å². The molecule has 0 amide bonds. The molecule has 2 atom stereocenters. The first kappa shape index (κ1) is 21.1. The molecule has 6 rings (SSSR count). The summed E-state index contributed by atoms with van der Waals surface area (Å²) < 4.78 is 3.94. The highest BCUT2D eigenvalue weighted by atomic mass is 16.3. The number of carbonyl (C=O) groups excluding carboxylic acids is 2. The van der Waals surface area contributed by atoms with Crippen LogP contribution in [-0.4, -0.2) is 30.6 Å². The number of aromatic hydroxyl groups is 1. The Bertz CT molecular complexity index is 1630. The van der Waals surface area contributed by atoms with Crippen LogP contribution in [0.5, 0.6) is 5.75 Å². The summed E-state index contributed by atoms with van der Waals surface area (Å²) in [6, 6.07) is 14.6. The fourth-order valence-electron chi connectivity index (χ4n) is 5.48. The minimum atomic E-state index is -0.602. The molecular weight excluding hydrogens is 446 g/mol. The van der Waals surface area contributed by atoms with Gasteiger partial charge in [-0.1, -0.05) is 36.4 Å². The van der Waals surface area contributed by atoms with Crippen LogP contribution in [0.2, 0.25) is 0 Å². The Hall–Kier alpha value is -4.46. The van der Waals surface area contributed by atoms with Crippen molar-refractivity contribution >= 4 is 11.6 Å². The van der Waals surface area contributed by atoms with E-state index in [2.05, 4.69) is 0 Å². The number of fused-ring (bicyclic) bond motifs is 3. The van der Waals surface area contributed by atoms with E-state index in [-0.39, 0.29) is 30.3 Å². The van der Waals surface area contributed by atoms with E-state index in [1.807, 2.05) is 6.08 Å². The van der Waals surface area contributed by atoms with Crippen LogP contribution >= 0.6 is 0 Å². The number of aromatic nitrogens is 3. The Morgan fingerprint density at radius 3 is 2.34 bits per heavy atom. The maximum Gasteiger partial charge on any atom is 0.352 e. The van der Waals surface area contributed by atoms with Crippen molar-refractivity contribution in [1.29, 1.82) is 0 Å². The standard InChI is InChI=1S/C27H21N3O5/c1-15-13-22(32)20-14-21-19(23(24(20)25(15)33)16-7-9-18(31)10-8-16)11-12-28-26(34)29(27(35)30(21)28)17-5-3-2-4-6-17/h2-11,13,21,23,31H,12,14H2,1H3/t21-,23+/m1/s1. The van der Waals surface area contributed by atoms with Crippen LogP contribution in [0.15, 0.2) is 98.6 Å². The molecule has 35 heavy (non-hydrogen) atoms. The quantitative estimate of drug-likeness (QED) is 0.461. The van der Waals surface area contributed by atoms with Gasteiger partial charge in [0.25, 0.3) is 0 Å². The average Bonchev–Trinajstić information content (AvgIpc) is 3.12. The summed E-state index contributed by atoms with van der Waals surface area (Å²) in [5.74, 6) is -0.940. The minimum absolute atomic E-state index is 0.0834. The van der Waals surface area contributed by atoms with Crippen molar-refractivity contribution in [3.05, 3.63) is 116 Å². The molecule has 0 spiro atoms. The molecule has 8 nitrogen and oxygen atoms in total. The van der Waals surface area contributed by atoms with E-state index in [9.17, 15) is 24.3 Å². The molecule has 3 aromatic rings. The van der Waals surface area contributed by atoms with Gasteiger partial charge in [-0.2, -0.15) is 0 Å². The summed E-state index contributed by atoms with van der Waals surface area (Å²) in [5.41, 5.74) is 2.18. The Kier molecular flexibility index (Phi) is 4.54. The van der Waals surface area contributed by atoms with Gasteiger partial charge in [0.2, 0.25) is 0 Å². The highest BCUT2D eigenvalue weighted by Crippen LogP contribution is 2.49. The topological polar surface area (TPSA) is 103 Å². The Morgan fingerprint density at radius 1 is 0.914 bits per heavy atom. The SMILES string of the molecule is CC1=CC(=O)C2=C(C1=O)[C@@H](c1ccc(O)cc1)C1=CCn3c(=O)n(-c4ccccc4)c(=O)n3[C@@H]1C2. The third-order valence-electron chi connectivity index (χ3n) is 7.07. The molecule has 8 heteroatoms. The Labute approximate surface area is 199 Å². The van der Waals surface area contributed by atoms with Gasteiger partial charge < -0.3 is 5.11 Å². The lowest BCUT2D eigenvalue weighted by Crippen LogP contribution is -2.40. The fraction of sp³-hybridized carbons (Fsp3) is 0.185. The third kappa shape index (κ3) is 2.99. The largest absolute Gasteiger partial charge is 0.508 e. The molecule has 1 aliphatic heterocycles. The number of Topliss-reactive ketones (excluding diaryl/α,β-unsaturated/α-hetero) is 1. The summed E-state index contributed by atoms with van der Waals surface area (Å²) in [6.07, 6.45) is 3.37. The molecule has 2 heterocycles. The van der Waals surface area contributed by atoms with E-state index in [0.29, 0.717) is 22.4 Å². The van der Waals surface area contributed by atoms with E-state index >= 15 is 0 Å². The van der Waals surface area contributed by atoms with Gasteiger partial charge in [0.05, 0.1) is 18.3 Å². The fourth-order valence-corrected chi connectivity index (χ4v) is 5.48. The highest BCUT2D eigenvalue weighted by Gasteiger charge is 2.44. The van der Waals surface area contributed by atoms with Gasteiger partial charge in [0, 0.05) is 29.1 Å². The number of carbonyl (C=O) groups is 2. The number of hydrogen-bond donors (Lipinski definition) is 1. The van der Waals surface area contributed by atoms with E-state index in [4.69, 9.17) is 0 Å². The number of para-hydroxylation sites is 1. The van der Waals surface area contributed by atoms with Crippen LogP contribution in [0.1, 0.15) is 30.9 Å². The first-order valence-corrected chi connectivity index (χ1v) is 11.4. The molecule has 0 saturated heterocycles. The molecule has 1 N–H and O–H groups in total. The number of nitrogens with zero attached hydrogens (tertiary/aromatic N) is 3. The summed E-state index contributed by atoms with van der Waals surface area (Å²) in [6.45, 7) is 1.79. The molecule has 3 aliphatic rings. The summed E-state index contributed by atoms with van der Waals surface area (Å²) >= 11 is 0. The Balaban J connectivity index is 1.59. The van der Waals surface area contributed by atoms with Gasteiger partial charge in [-0.3, -0.25) is 9.59 Å². The van der Waals surface area contributed by atoms with Crippen molar-refractivity contribution < 1.29 is 14.7 Å². The van der Waals surface area contributed by atoms with E-state index in [1.54, 1.807) is 49.4 Å². The zero-order valence-corrected chi connectivity index (χ0v) is 18.8. The smallest absolute Gasteiger partial charge is 0.352 e. The molecule has 0 saturated carbocycles. The molecule has 2 aliphatic carbocycles. The normalized spacial score (nSPS) is 21.2. The number of hydrogen-bond acceptors (Lipinski definition) is 5. The van der Waals surface area contributed by atoms with Gasteiger partial charge >= 0.3 is 11.4 Å². The van der Waals surface area contributed by atoms with Crippen molar-refractivity contribution in [3.63, 3.8) is 0 Å². The Morgan fingerprint density at radius 2 is 1.63 bits per heavy atom. The maximum atomic E-state index is 13.6. The zero-order valence-electron chi connectivity index (χ0n) is 18.8. The van der Waals surface area contributed by atoms with E-state index in [0.717, 1.165) is 15.7 Å². The number of phenols is 1. The van der Waals surface area contributed by atoms with Gasteiger partial charge in [-0.05, 0) is 48.4 Å². The van der Waals surface area contributed by atoms with Crippen LogP contribution in [0.25, 0.3) is 5.69 Å². The van der Waals surface area contributed by atoms with Crippen LogP contribution in [0.4, 0.5) is 0 Å². The van der Waals surface area contributed by atoms with Gasteiger partial charge in [0.1, 0.15) is 5.75 Å².